The Morgan fingerprint density at radius 1 is 1.19 bits per heavy atom. The molecule has 1 aliphatic carbocycles. The topological polar surface area (TPSA) is 96.9 Å². The van der Waals surface area contributed by atoms with Crippen molar-refractivity contribution in [2.75, 3.05) is 26.3 Å². The Morgan fingerprint density at radius 3 is 2.67 bits per heavy atom. The van der Waals surface area contributed by atoms with Crippen LogP contribution in [-0.2, 0) is 14.3 Å². The number of carbonyl (C=O) groups is 2. The van der Waals surface area contributed by atoms with E-state index in [0.29, 0.717) is 32.5 Å². The van der Waals surface area contributed by atoms with Gasteiger partial charge in [0.1, 0.15) is 0 Å². The Bertz CT molecular complexity index is 359. The Kier molecular flexibility index (Phi) is 6.25. The molecule has 0 spiro atoms. The van der Waals surface area contributed by atoms with E-state index in [1.807, 2.05) is 0 Å². The van der Waals surface area contributed by atoms with Crippen molar-refractivity contribution in [3.05, 3.63) is 0 Å². The minimum atomic E-state index is -0.937. The monoisotopic (exact) mass is 300 g/mol. The first-order chi connectivity index (χ1) is 10.1. The van der Waals surface area contributed by atoms with Gasteiger partial charge in [-0.1, -0.05) is 0 Å². The maximum absolute atomic E-state index is 11.5. The zero-order chi connectivity index (χ0) is 15.1. The highest BCUT2D eigenvalue weighted by Crippen LogP contribution is 2.28. The first-order valence-electron chi connectivity index (χ1n) is 7.63. The lowest BCUT2D eigenvalue weighted by molar-refractivity contribution is -0.149. The number of hydrogen-bond acceptors (Lipinski definition) is 4. The SMILES string of the molecule is O=C(NCCCOCC1CC1)NCC1CCC(C(=O)O)O1. The predicted molar refractivity (Wildman–Crippen MR) is 75.1 cm³/mol. The second kappa shape index (κ2) is 8.19. The fourth-order valence-electron chi connectivity index (χ4n) is 2.22. The standard InChI is InChI=1S/C14H24N2O5/c17-13(18)12-5-4-11(21-12)8-16-14(19)15-6-1-7-20-9-10-2-3-10/h10-12H,1-9H2,(H,17,18)(H2,15,16,19). The molecule has 1 heterocycles. The highest BCUT2D eigenvalue weighted by Gasteiger charge is 2.30. The molecule has 2 fully saturated rings. The van der Waals surface area contributed by atoms with Gasteiger partial charge in [-0.25, -0.2) is 9.59 Å². The number of carboxylic acid groups (broad SMARTS) is 1. The van der Waals surface area contributed by atoms with Crippen molar-refractivity contribution in [3.63, 3.8) is 0 Å². The number of carbonyl (C=O) groups excluding carboxylic acids is 1. The van der Waals surface area contributed by atoms with E-state index in [0.717, 1.165) is 18.9 Å². The average Bonchev–Trinajstić information content (AvgIpc) is 3.15. The van der Waals surface area contributed by atoms with Crippen molar-refractivity contribution >= 4 is 12.0 Å². The molecule has 1 aliphatic heterocycles. The summed E-state index contributed by atoms with van der Waals surface area (Å²) in [6.45, 7) is 2.42. The van der Waals surface area contributed by atoms with Crippen LogP contribution in [0, 0.1) is 5.92 Å². The van der Waals surface area contributed by atoms with Crippen molar-refractivity contribution in [2.45, 2.75) is 44.3 Å². The fourth-order valence-corrected chi connectivity index (χ4v) is 2.22. The molecule has 7 nitrogen and oxygen atoms in total. The van der Waals surface area contributed by atoms with Crippen molar-refractivity contribution in [3.8, 4) is 0 Å². The second-order valence-electron chi connectivity index (χ2n) is 5.67. The molecule has 2 atom stereocenters. The molecule has 0 aromatic carbocycles. The number of urea groups is 1. The van der Waals surface area contributed by atoms with Gasteiger partial charge in [-0.3, -0.25) is 0 Å². The van der Waals surface area contributed by atoms with Gasteiger partial charge in [0.2, 0.25) is 0 Å². The lowest BCUT2D eigenvalue weighted by Gasteiger charge is -2.13. The minimum Gasteiger partial charge on any atom is -0.479 e. The maximum atomic E-state index is 11.5. The molecule has 21 heavy (non-hydrogen) atoms. The zero-order valence-electron chi connectivity index (χ0n) is 12.2. The molecule has 120 valence electrons. The van der Waals surface area contributed by atoms with Gasteiger partial charge in [0.05, 0.1) is 6.10 Å². The lowest BCUT2D eigenvalue weighted by atomic mass is 10.2. The molecule has 0 radical (unpaired) electrons. The van der Waals surface area contributed by atoms with Crippen molar-refractivity contribution < 1.29 is 24.2 Å². The van der Waals surface area contributed by atoms with Crippen molar-refractivity contribution in [1.82, 2.24) is 10.6 Å². The van der Waals surface area contributed by atoms with Crippen LogP contribution in [0.5, 0.6) is 0 Å². The summed E-state index contributed by atoms with van der Waals surface area (Å²) in [6.07, 6.45) is 3.58. The third-order valence-corrected chi connectivity index (χ3v) is 3.67. The molecule has 0 bridgehead atoms. The fraction of sp³-hybridized carbons (Fsp3) is 0.857. The molecular weight excluding hydrogens is 276 g/mol. The number of nitrogens with one attached hydrogen (secondary N) is 2. The molecule has 2 unspecified atom stereocenters. The zero-order valence-corrected chi connectivity index (χ0v) is 12.2. The molecule has 1 saturated carbocycles. The first kappa shape index (κ1) is 16.0. The summed E-state index contributed by atoms with van der Waals surface area (Å²) >= 11 is 0. The van der Waals surface area contributed by atoms with Crippen LogP contribution in [0.15, 0.2) is 0 Å². The van der Waals surface area contributed by atoms with Gasteiger partial charge in [0.25, 0.3) is 0 Å². The molecule has 7 heteroatoms. The second-order valence-corrected chi connectivity index (χ2v) is 5.67. The number of hydrogen-bond donors (Lipinski definition) is 3. The summed E-state index contributed by atoms with van der Waals surface area (Å²) in [5.74, 6) is -0.171. The third-order valence-electron chi connectivity index (χ3n) is 3.67. The number of carboxylic acids is 1. The molecule has 0 aromatic rings. The van der Waals surface area contributed by atoms with Crippen molar-refractivity contribution in [2.24, 2.45) is 5.92 Å². The van der Waals surface area contributed by atoms with Crippen molar-refractivity contribution in [1.29, 1.82) is 0 Å². The average molecular weight is 300 g/mol. The largest absolute Gasteiger partial charge is 0.479 e. The van der Waals surface area contributed by atoms with E-state index in [-0.39, 0.29) is 12.1 Å². The van der Waals surface area contributed by atoms with Gasteiger partial charge in [-0.15, -0.1) is 0 Å². The summed E-state index contributed by atoms with van der Waals surface area (Å²) in [4.78, 5) is 22.3. The van der Waals surface area contributed by atoms with Crippen LogP contribution >= 0.6 is 0 Å². The van der Waals surface area contributed by atoms with Gasteiger partial charge in [0, 0.05) is 26.3 Å². The number of ether oxygens (including phenoxy) is 2. The maximum Gasteiger partial charge on any atom is 0.332 e. The molecule has 2 aliphatic rings. The molecule has 3 N–H and O–H groups in total. The normalized spacial score (nSPS) is 24.8. The predicted octanol–water partition coefficient (Wildman–Crippen LogP) is 0.734. The summed E-state index contributed by atoms with van der Waals surface area (Å²) in [5, 5.41) is 14.2. The van der Waals surface area contributed by atoms with Crippen LogP contribution in [0.1, 0.15) is 32.1 Å². The van der Waals surface area contributed by atoms with Gasteiger partial charge < -0.3 is 25.2 Å². The number of aliphatic carboxylic acids is 1. The summed E-state index contributed by atoms with van der Waals surface area (Å²) < 4.78 is 10.8. The van der Waals surface area contributed by atoms with E-state index in [1.165, 1.54) is 12.8 Å². The van der Waals surface area contributed by atoms with Gasteiger partial charge >= 0.3 is 12.0 Å². The van der Waals surface area contributed by atoms with E-state index < -0.39 is 12.1 Å². The third kappa shape index (κ3) is 6.31. The Balaban J connectivity index is 1.43. The number of amides is 2. The summed E-state index contributed by atoms with van der Waals surface area (Å²) in [5.41, 5.74) is 0. The Morgan fingerprint density at radius 2 is 2.00 bits per heavy atom. The van der Waals surface area contributed by atoms with Crippen LogP contribution in [0.3, 0.4) is 0 Å². The smallest absolute Gasteiger partial charge is 0.332 e. The van der Waals surface area contributed by atoms with E-state index >= 15 is 0 Å². The Labute approximate surface area is 124 Å². The van der Waals surface area contributed by atoms with Gasteiger partial charge in [-0.2, -0.15) is 0 Å². The Hall–Kier alpha value is -1.34. The van der Waals surface area contributed by atoms with Crippen LogP contribution < -0.4 is 10.6 Å². The van der Waals surface area contributed by atoms with E-state index in [1.54, 1.807) is 0 Å². The molecule has 0 aromatic heterocycles. The summed E-state index contributed by atoms with van der Waals surface area (Å²) in [7, 11) is 0. The van der Waals surface area contributed by atoms with E-state index in [9.17, 15) is 9.59 Å². The van der Waals surface area contributed by atoms with Crippen LogP contribution in [-0.4, -0.2) is 55.6 Å². The van der Waals surface area contributed by atoms with Crippen LogP contribution in [0.25, 0.3) is 0 Å². The molecule has 2 amide bonds. The highest BCUT2D eigenvalue weighted by molar-refractivity contribution is 5.74. The molecule has 2 rings (SSSR count). The van der Waals surface area contributed by atoms with Crippen LogP contribution in [0.4, 0.5) is 4.79 Å². The first-order valence-corrected chi connectivity index (χ1v) is 7.63. The summed E-state index contributed by atoms with van der Waals surface area (Å²) in [6, 6.07) is -0.250. The molecule has 1 saturated heterocycles. The number of rotatable bonds is 9. The lowest BCUT2D eigenvalue weighted by Crippen LogP contribution is -2.40. The van der Waals surface area contributed by atoms with Crippen LogP contribution in [0.2, 0.25) is 0 Å². The molecular formula is C14H24N2O5. The quantitative estimate of drug-likeness (QED) is 0.546. The van der Waals surface area contributed by atoms with E-state index in [4.69, 9.17) is 14.6 Å². The van der Waals surface area contributed by atoms with Gasteiger partial charge in [-0.05, 0) is 38.0 Å². The van der Waals surface area contributed by atoms with Gasteiger partial charge in [0.15, 0.2) is 6.10 Å². The van der Waals surface area contributed by atoms with E-state index in [2.05, 4.69) is 10.6 Å². The highest BCUT2D eigenvalue weighted by atomic mass is 16.5. The minimum absolute atomic E-state index is 0.210.